The number of ether oxygens (including phenoxy) is 1. The lowest BCUT2D eigenvalue weighted by atomic mass is 10.0. The number of carbonyl (C=O) groups excluding carboxylic acids is 1. The van der Waals surface area contributed by atoms with Crippen molar-refractivity contribution in [3.63, 3.8) is 0 Å². The lowest BCUT2D eigenvalue weighted by molar-refractivity contribution is -0.131. The Morgan fingerprint density at radius 3 is 2.42 bits per heavy atom. The van der Waals surface area contributed by atoms with Gasteiger partial charge >= 0.3 is 5.97 Å². The summed E-state index contributed by atoms with van der Waals surface area (Å²) in [4.78, 5) is 18.3. The molecule has 0 fully saturated rings. The van der Waals surface area contributed by atoms with E-state index in [0.717, 1.165) is 0 Å². The summed E-state index contributed by atoms with van der Waals surface area (Å²) in [6.45, 7) is 4.61. The number of H-pyrrole nitrogens is 1. The summed E-state index contributed by atoms with van der Waals surface area (Å²) in [7, 11) is 0. The summed E-state index contributed by atoms with van der Waals surface area (Å²) < 4.78 is 5.10. The van der Waals surface area contributed by atoms with E-state index in [-0.39, 0.29) is 11.3 Å². The van der Waals surface area contributed by atoms with Gasteiger partial charge in [0, 0.05) is 6.92 Å². The lowest BCUT2D eigenvalue weighted by Crippen LogP contribution is -2.06. The summed E-state index contributed by atoms with van der Waals surface area (Å²) >= 11 is 0. The SMILES string of the molecule is CC(=O)Oc1c(C#N)c(C)c(C#N)c2nc(C)[nH]c12. The molecule has 94 valence electrons. The minimum atomic E-state index is -0.533. The van der Waals surface area contributed by atoms with Gasteiger partial charge in [-0.1, -0.05) is 0 Å². The standard InChI is InChI=1S/C13H10N4O2/c1-6-9(4-14)11-12(17-7(2)16-11)13(10(6)5-15)19-8(3)18/h1-3H3,(H,16,17). The minimum Gasteiger partial charge on any atom is -0.423 e. The molecule has 0 spiro atoms. The normalized spacial score (nSPS) is 9.95. The number of rotatable bonds is 1. The molecule has 1 N–H and O–H groups in total. The van der Waals surface area contributed by atoms with E-state index >= 15 is 0 Å². The monoisotopic (exact) mass is 254 g/mol. The van der Waals surface area contributed by atoms with E-state index in [9.17, 15) is 15.3 Å². The molecule has 2 rings (SSSR count). The van der Waals surface area contributed by atoms with Crippen molar-refractivity contribution in [3.05, 3.63) is 22.5 Å². The number of aromatic amines is 1. The van der Waals surface area contributed by atoms with Crippen molar-refractivity contribution in [3.8, 4) is 17.9 Å². The van der Waals surface area contributed by atoms with Crippen LogP contribution in [0.25, 0.3) is 11.0 Å². The quantitative estimate of drug-likeness (QED) is 0.617. The van der Waals surface area contributed by atoms with E-state index in [1.807, 2.05) is 12.1 Å². The first kappa shape index (κ1) is 12.6. The third kappa shape index (κ3) is 1.90. The maximum Gasteiger partial charge on any atom is 0.308 e. The average molecular weight is 254 g/mol. The second kappa shape index (κ2) is 4.43. The smallest absolute Gasteiger partial charge is 0.308 e. The molecule has 0 amide bonds. The van der Waals surface area contributed by atoms with Crippen LogP contribution in [0.1, 0.15) is 29.4 Å². The molecule has 0 aliphatic carbocycles. The molecule has 1 aromatic heterocycles. The molecule has 0 radical (unpaired) electrons. The average Bonchev–Trinajstić information content (AvgIpc) is 2.71. The van der Waals surface area contributed by atoms with E-state index in [0.29, 0.717) is 28.0 Å². The van der Waals surface area contributed by atoms with Gasteiger partial charge in [0.25, 0.3) is 0 Å². The van der Waals surface area contributed by atoms with Crippen molar-refractivity contribution >= 4 is 17.0 Å². The number of esters is 1. The Morgan fingerprint density at radius 1 is 1.26 bits per heavy atom. The van der Waals surface area contributed by atoms with Crippen LogP contribution in [-0.4, -0.2) is 15.9 Å². The summed E-state index contributed by atoms with van der Waals surface area (Å²) in [5.41, 5.74) is 1.74. The highest BCUT2D eigenvalue weighted by molar-refractivity contribution is 5.93. The maximum atomic E-state index is 11.2. The van der Waals surface area contributed by atoms with Crippen LogP contribution in [0.4, 0.5) is 0 Å². The molecule has 1 heterocycles. The number of benzene rings is 1. The molecule has 0 aliphatic heterocycles. The summed E-state index contributed by atoms with van der Waals surface area (Å²) in [5.74, 6) is 0.172. The predicted molar refractivity (Wildman–Crippen MR) is 66.3 cm³/mol. The summed E-state index contributed by atoms with van der Waals surface area (Å²) in [5, 5.41) is 18.4. The molecule has 0 atom stereocenters. The minimum absolute atomic E-state index is 0.127. The molecule has 6 heteroatoms. The van der Waals surface area contributed by atoms with Gasteiger partial charge in [-0.2, -0.15) is 10.5 Å². The maximum absolute atomic E-state index is 11.2. The Morgan fingerprint density at radius 2 is 1.89 bits per heavy atom. The van der Waals surface area contributed by atoms with Crippen molar-refractivity contribution in [1.82, 2.24) is 9.97 Å². The van der Waals surface area contributed by atoms with E-state index in [1.165, 1.54) is 6.92 Å². The van der Waals surface area contributed by atoms with Gasteiger partial charge in [-0.25, -0.2) is 4.98 Å². The van der Waals surface area contributed by atoms with Gasteiger partial charge in [0.1, 0.15) is 34.6 Å². The number of hydrogen-bond acceptors (Lipinski definition) is 5. The van der Waals surface area contributed by atoms with E-state index in [1.54, 1.807) is 13.8 Å². The first-order valence-corrected chi connectivity index (χ1v) is 5.51. The molecule has 0 saturated heterocycles. The fourth-order valence-electron chi connectivity index (χ4n) is 1.95. The van der Waals surface area contributed by atoms with Crippen molar-refractivity contribution < 1.29 is 9.53 Å². The molecular formula is C13H10N4O2. The topological polar surface area (TPSA) is 103 Å². The molecule has 6 nitrogen and oxygen atoms in total. The van der Waals surface area contributed by atoms with Crippen LogP contribution in [0.5, 0.6) is 5.75 Å². The van der Waals surface area contributed by atoms with E-state index < -0.39 is 5.97 Å². The largest absolute Gasteiger partial charge is 0.423 e. The number of nitriles is 2. The van der Waals surface area contributed by atoms with Gasteiger partial charge in [-0.15, -0.1) is 0 Å². The number of aryl methyl sites for hydroxylation is 1. The van der Waals surface area contributed by atoms with Crippen LogP contribution >= 0.6 is 0 Å². The third-order valence-corrected chi connectivity index (χ3v) is 2.73. The third-order valence-electron chi connectivity index (χ3n) is 2.73. The van der Waals surface area contributed by atoms with E-state index in [2.05, 4.69) is 9.97 Å². The van der Waals surface area contributed by atoms with Crippen LogP contribution in [0.2, 0.25) is 0 Å². The van der Waals surface area contributed by atoms with Gasteiger partial charge in [0.05, 0.1) is 5.56 Å². The molecule has 0 unspecified atom stereocenters. The van der Waals surface area contributed by atoms with Crippen LogP contribution in [0.15, 0.2) is 0 Å². The highest BCUT2D eigenvalue weighted by Crippen LogP contribution is 2.34. The van der Waals surface area contributed by atoms with Crippen LogP contribution in [-0.2, 0) is 4.79 Å². The Kier molecular flexibility index (Phi) is 2.94. The molecule has 1 aromatic carbocycles. The second-order valence-electron chi connectivity index (χ2n) is 4.07. The fraction of sp³-hybridized carbons (Fsp3) is 0.231. The Balaban J connectivity index is 2.97. The first-order valence-electron chi connectivity index (χ1n) is 5.51. The highest BCUT2D eigenvalue weighted by Gasteiger charge is 2.21. The first-order chi connectivity index (χ1) is 8.99. The predicted octanol–water partition coefficient (Wildman–Crippen LogP) is 1.85. The number of aromatic nitrogens is 2. The van der Waals surface area contributed by atoms with Crippen molar-refractivity contribution in [2.75, 3.05) is 0 Å². The van der Waals surface area contributed by atoms with Crippen molar-refractivity contribution in [2.45, 2.75) is 20.8 Å². The summed E-state index contributed by atoms with van der Waals surface area (Å²) in [6.07, 6.45) is 0. The zero-order chi connectivity index (χ0) is 14.2. The lowest BCUT2D eigenvalue weighted by Gasteiger charge is -2.09. The van der Waals surface area contributed by atoms with Gasteiger partial charge in [-0.05, 0) is 19.4 Å². The molecular weight excluding hydrogens is 244 g/mol. The zero-order valence-corrected chi connectivity index (χ0v) is 10.7. The molecule has 0 aliphatic rings. The highest BCUT2D eigenvalue weighted by atomic mass is 16.5. The van der Waals surface area contributed by atoms with Crippen molar-refractivity contribution in [1.29, 1.82) is 10.5 Å². The van der Waals surface area contributed by atoms with Crippen LogP contribution in [0, 0.1) is 36.5 Å². The van der Waals surface area contributed by atoms with Gasteiger partial charge < -0.3 is 9.72 Å². The second-order valence-corrected chi connectivity index (χ2v) is 4.07. The van der Waals surface area contributed by atoms with Crippen LogP contribution < -0.4 is 4.74 Å². The number of nitrogens with zero attached hydrogens (tertiary/aromatic N) is 3. The number of fused-ring (bicyclic) bond motifs is 1. The molecule has 0 bridgehead atoms. The Hall–Kier alpha value is -2.86. The Labute approximate surface area is 109 Å². The Bertz CT molecular complexity index is 775. The van der Waals surface area contributed by atoms with Gasteiger partial charge in [0.15, 0.2) is 5.75 Å². The number of imidazole rings is 1. The van der Waals surface area contributed by atoms with Gasteiger partial charge in [-0.3, -0.25) is 4.79 Å². The van der Waals surface area contributed by atoms with Gasteiger partial charge in [0.2, 0.25) is 0 Å². The van der Waals surface area contributed by atoms with Crippen molar-refractivity contribution in [2.24, 2.45) is 0 Å². The number of nitrogens with one attached hydrogen (secondary N) is 1. The summed E-state index contributed by atoms with van der Waals surface area (Å²) in [6, 6.07) is 4.00. The fourth-order valence-corrected chi connectivity index (χ4v) is 1.95. The molecule has 19 heavy (non-hydrogen) atoms. The van der Waals surface area contributed by atoms with Crippen LogP contribution in [0.3, 0.4) is 0 Å². The van der Waals surface area contributed by atoms with E-state index in [4.69, 9.17) is 4.74 Å². The number of carbonyl (C=O) groups is 1. The molecule has 0 saturated carbocycles. The zero-order valence-electron chi connectivity index (χ0n) is 10.7. The number of hydrogen-bond donors (Lipinski definition) is 1. The molecule has 2 aromatic rings.